The van der Waals surface area contributed by atoms with Gasteiger partial charge in [-0.05, 0) is 19.2 Å². The molecule has 0 amide bonds. The molecule has 2 fully saturated rings. The fourth-order valence-corrected chi connectivity index (χ4v) is 4.84. The van der Waals surface area contributed by atoms with Crippen molar-refractivity contribution in [1.29, 1.82) is 0 Å². The third kappa shape index (κ3) is 5.86. The van der Waals surface area contributed by atoms with E-state index in [2.05, 4.69) is 26.7 Å². The molecule has 5 rings (SSSR count). The van der Waals surface area contributed by atoms with E-state index in [1.54, 1.807) is 23.6 Å². The topological polar surface area (TPSA) is 131 Å². The molecule has 2 aliphatic heterocycles. The lowest BCUT2D eigenvalue weighted by Crippen LogP contribution is -2.43. The second-order valence-corrected chi connectivity index (χ2v) is 9.07. The summed E-state index contributed by atoms with van der Waals surface area (Å²) >= 11 is 0.959. The molecular formula is C20H26N8O3S2. The van der Waals surface area contributed by atoms with Crippen LogP contribution in [0.1, 0.15) is 5.01 Å². The Labute approximate surface area is 199 Å². The number of hydrogen-bond acceptors (Lipinski definition) is 12. The fraction of sp³-hybridized carbons (Fsp3) is 0.500. The van der Waals surface area contributed by atoms with Crippen molar-refractivity contribution >= 4 is 44.9 Å². The van der Waals surface area contributed by atoms with Crippen LogP contribution in [0.3, 0.4) is 0 Å². The summed E-state index contributed by atoms with van der Waals surface area (Å²) in [5.74, 6) is 2.06. The number of piperazine rings is 1. The number of hydrogen-bond donors (Lipinski definition) is 1. The van der Waals surface area contributed by atoms with Gasteiger partial charge in [0, 0.05) is 51.0 Å². The number of pyridine rings is 1. The standard InChI is InChI=1S/C20H26N8OS.O2S/c1-26-4-6-27(7-5-26)13-16-23-19-17(30-16)20(28-8-10-29-11-9-28)25-18(24-19)14-2-3-15(21)22-12-14;1-3-2/h2-3,12H,4-11,13H2,1H3,(H2,21,22);. The van der Waals surface area contributed by atoms with Crippen LogP contribution >= 0.6 is 11.3 Å². The van der Waals surface area contributed by atoms with Crippen LogP contribution in [0.2, 0.25) is 0 Å². The van der Waals surface area contributed by atoms with E-state index in [1.807, 2.05) is 6.07 Å². The second-order valence-electron chi connectivity index (χ2n) is 7.85. The Kier molecular flexibility index (Phi) is 7.88. The highest BCUT2D eigenvalue weighted by Gasteiger charge is 2.22. The summed E-state index contributed by atoms with van der Waals surface area (Å²) in [5, 5.41) is 1.09. The van der Waals surface area contributed by atoms with Gasteiger partial charge in [0.2, 0.25) is 0 Å². The number of nitrogens with zero attached hydrogens (tertiary/aromatic N) is 7. The zero-order valence-corrected chi connectivity index (χ0v) is 20.0. The van der Waals surface area contributed by atoms with Crippen LogP contribution in [0.4, 0.5) is 11.6 Å². The van der Waals surface area contributed by atoms with Gasteiger partial charge in [0.25, 0.3) is 0 Å². The van der Waals surface area contributed by atoms with Gasteiger partial charge in [0.1, 0.15) is 15.5 Å². The first-order valence-corrected chi connectivity index (χ1v) is 12.1. The Balaban J connectivity index is 0.000000821. The minimum atomic E-state index is -0.750. The summed E-state index contributed by atoms with van der Waals surface area (Å²) < 4.78 is 23.2. The minimum Gasteiger partial charge on any atom is -0.384 e. The third-order valence-corrected chi connectivity index (χ3v) is 6.62. The fourth-order valence-electron chi connectivity index (χ4n) is 3.77. The van der Waals surface area contributed by atoms with Crippen molar-refractivity contribution < 1.29 is 13.2 Å². The lowest BCUT2D eigenvalue weighted by Gasteiger charge is -2.31. The van der Waals surface area contributed by atoms with Crippen LogP contribution in [0, 0.1) is 0 Å². The van der Waals surface area contributed by atoms with E-state index in [0.29, 0.717) is 24.9 Å². The summed E-state index contributed by atoms with van der Waals surface area (Å²) in [6, 6.07) is 3.68. The number of nitrogens with two attached hydrogens (primary N) is 1. The van der Waals surface area contributed by atoms with Crippen molar-refractivity contribution in [2.45, 2.75) is 6.54 Å². The normalized spacial score (nSPS) is 17.5. The van der Waals surface area contributed by atoms with Crippen molar-refractivity contribution in [1.82, 2.24) is 29.7 Å². The van der Waals surface area contributed by atoms with Gasteiger partial charge in [0.05, 0.1) is 19.8 Å². The van der Waals surface area contributed by atoms with Gasteiger partial charge < -0.3 is 20.3 Å². The van der Waals surface area contributed by atoms with Gasteiger partial charge in [0.15, 0.2) is 17.3 Å². The highest BCUT2D eigenvalue weighted by atomic mass is 32.1. The lowest BCUT2D eigenvalue weighted by molar-refractivity contribution is 0.122. The molecule has 13 heteroatoms. The SMILES string of the molecule is CN1CCN(Cc2nc3nc(-c4ccc(N)nc4)nc(N4CCOCC4)c3s2)CC1.O=S=O. The molecule has 2 saturated heterocycles. The third-order valence-electron chi connectivity index (χ3n) is 5.59. The Morgan fingerprint density at radius 3 is 2.45 bits per heavy atom. The molecule has 0 atom stereocenters. The largest absolute Gasteiger partial charge is 0.384 e. The molecule has 11 nitrogen and oxygen atoms in total. The van der Waals surface area contributed by atoms with E-state index in [-0.39, 0.29) is 0 Å². The molecule has 3 aromatic rings. The second kappa shape index (κ2) is 11.0. The summed E-state index contributed by atoms with van der Waals surface area (Å²) in [6.45, 7) is 8.22. The van der Waals surface area contributed by atoms with Crippen molar-refractivity contribution in [3.05, 3.63) is 23.3 Å². The van der Waals surface area contributed by atoms with Gasteiger partial charge in [-0.15, -0.1) is 11.3 Å². The number of likely N-dealkylation sites (N-methyl/N-ethyl adjacent to an activating group) is 1. The van der Waals surface area contributed by atoms with Crippen LogP contribution in [-0.2, 0) is 22.9 Å². The molecule has 0 radical (unpaired) electrons. The number of thiazole rings is 1. The summed E-state index contributed by atoms with van der Waals surface area (Å²) in [6.07, 6.45) is 1.72. The maximum atomic E-state index is 8.29. The van der Waals surface area contributed by atoms with Crippen molar-refractivity contribution in [2.75, 3.05) is 70.2 Å². The number of nitrogen functional groups attached to an aromatic ring is 1. The maximum absolute atomic E-state index is 8.29. The molecule has 0 aromatic carbocycles. The average molecular weight is 491 g/mol. The molecule has 2 aliphatic rings. The van der Waals surface area contributed by atoms with Crippen LogP contribution in [0.25, 0.3) is 21.7 Å². The summed E-state index contributed by atoms with van der Waals surface area (Å²) in [7, 11) is 2.17. The van der Waals surface area contributed by atoms with Crippen LogP contribution < -0.4 is 10.6 Å². The highest BCUT2D eigenvalue weighted by molar-refractivity contribution is 7.51. The van der Waals surface area contributed by atoms with E-state index in [1.165, 1.54) is 0 Å². The summed E-state index contributed by atoms with van der Waals surface area (Å²) in [5.41, 5.74) is 7.35. The van der Waals surface area contributed by atoms with E-state index >= 15 is 0 Å². The van der Waals surface area contributed by atoms with Crippen molar-refractivity contribution in [3.63, 3.8) is 0 Å². The molecule has 0 aliphatic carbocycles. The smallest absolute Gasteiger partial charge is 0.335 e. The average Bonchev–Trinajstić information content (AvgIpc) is 3.24. The van der Waals surface area contributed by atoms with Gasteiger partial charge in [-0.3, -0.25) is 4.90 Å². The Morgan fingerprint density at radius 2 is 1.79 bits per heavy atom. The first-order valence-electron chi connectivity index (χ1n) is 10.6. The molecule has 0 spiro atoms. The Bertz CT molecular complexity index is 1110. The molecule has 0 saturated carbocycles. The van der Waals surface area contributed by atoms with Gasteiger partial charge in [-0.2, -0.15) is 8.42 Å². The lowest BCUT2D eigenvalue weighted by atomic mass is 10.2. The van der Waals surface area contributed by atoms with Crippen molar-refractivity contribution in [3.8, 4) is 11.4 Å². The molecular weight excluding hydrogens is 464 g/mol. The quantitative estimate of drug-likeness (QED) is 0.553. The Morgan fingerprint density at radius 1 is 1.06 bits per heavy atom. The van der Waals surface area contributed by atoms with E-state index in [0.717, 1.165) is 72.5 Å². The minimum absolute atomic E-state index is 0.483. The molecule has 3 aromatic heterocycles. The number of fused-ring (bicyclic) bond motifs is 1. The molecule has 5 heterocycles. The number of rotatable bonds is 4. The first-order chi connectivity index (χ1) is 16.1. The predicted octanol–water partition coefficient (Wildman–Crippen LogP) is 0.644. The molecule has 33 heavy (non-hydrogen) atoms. The van der Waals surface area contributed by atoms with Crippen LogP contribution in [0.15, 0.2) is 18.3 Å². The summed E-state index contributed by atoms with van der Waals surface area (Å²) in [4.78, 5) is 25.9. The zero-order valence-electron chi connectivity index (χ0n) is 18.3. The first kappa shape index (κ1) is 23.6. The number of anilines is 2. The molecule has 2 N–H and O–H groups in total. The van der Waals surface area contributed by atoms with Gasteiger partial charge >= 0.3 is 11.6 Å². The maximum Gasteiger partial charge on any atom is 0.335 e. The van der Waals surface area contributed by atoms with Gasteiger partial charge in [-0.25, -0.2) is 19.9 Å². The molecule has 176 valence electrons. The monoisotopic (exact) mass is 490 g/mol. The van der Waals surface area contributed by atoms with Crippen LogP contribution in [0.5, 0.6) is 0 Å². The number of ether oxygens (including phenoxy) is 1. The number of morpholine rings is 1. The van der Waals surface area contributed by atoms with E-state index < -0.39 is 11.6 Å². The highest BCUT2D eigenvalue weighted by Crippen LogP contribution is 2.33. The van der Waals surface area contributed by atoms with Crippen LogP contribution in [-0.4, -0.2) is 97.7 Å². The Hall–Kier alpha value is -2.58. The zero-order chi connectivity index (χ0) is 23.2. The molecule has 0 bridgehead atoms. The number of aromatic nitrogens is 4. The van der Waals surface area contributed by atoms with E-state index in [9.17, 15) is 0 Å². The van der Waals surface area contributed by atoms with Crippen molar-refractivity contribution in [2.24, 2.45) is 0 Å². The van der Waals surface area contributed by atoms with Gasteiger partial charge in [-0.1, -0.05) is 0 Å². The molecule has 0 unspecified atom stereocenters. The van der Waals surface area contributed by atoms with E-state index in [4.69, 9.17) is 33.8 Å². The predicted molar refractivity (Wildman–Crippen MR) is 128 cm³/mol.